The highest BCUT2D eigenvalue weighted by molar-refractivity contribution is 5.78. The SMILES string of the molecule is O=C(O)CCCNC(=O)Cc1ccc(O)cc1. The van der Waals surface area contributed by atoms with Gasteiger partial charge in [-0.2, -0.15) is 0 Å². The van der Waals surface area contributed by atoms with Crippen molar-refractivity contribution < 1.29 is 19.8 Å². The Bertz CT molecular complexity index is 386. The number of nitrogens with one attached hydrogen (secondary N) is 1. The molecule has 0 aliphatic carbocycles. The molecule has 0 fully saturated rings. The fourth-order valence-electron chi connectivity index (χ4n) is 1.33. The summed E-state index contributed by atoms with van der Waals surface area (Å²) in [6.07, 6.45) is 0.712. The van der Waals surface area contributed by atoms with Gasteiger partial charge >= 0.3 is 5.97 Å². The van der Waals surface area contributed by atoms with Gasteiger partial charge in [-0.05, 0) is 24.1 Å². The molecule has 0 aromatic heterocycles. The fourth-order valence-corrected chi connectivity index (χ4v) is 1.33. The second-order valence-electron chi connectivity index (χ2n) is 3.69. The first-order valence-corrected chi connectivity index (χ1v) is 5.34. The number of phenolic OH excluding ortho intramolecular Hbond substituents is 1. The van der Waals surface area contributed by atoms with Crippen LogP contribution in [-0.2, 0) is 16.0 Å². The van der Waals surface area contributed by atoms with Crippen LogP contribution in [0, 0.1) is 0 Å². The molecule has 1 aromatic rings. The molecule has 5 heteroatoms. The number of carboxylic acid groups (broad SMARTS) is 1. The molecular weight excluding hydrogens is 222 g/mol. The van der Waals surface area contributed by atoms with E-state index in [1.54, 1.807) is 12.1 Å². The summed E-state index contributed by atoms with van der Waals surface area (Å²) in [6, 6.07) is 6.39. The van der Waals surface area contributed by atoms with Crippen LogP contribution < -0.4 is 5.32 Å². The molecule has 0 atom stereocenters. The minimum Gasteiger partial charge on any atom is -0.508 e. The number of carbonyl (C=O) groups is 2. The fraction of sp³-hybridized carbons (Fsp3) is 0.333. The second kappa shape index (κ2) is 6.52. The Morgan fingerprint density at radius 2 is 1.82 bits per heavy atom. The molecule has 0 aliphatic heterocycles. The topological polar surface area (TPSA) is 86.6 Å². The number of carboxylic acids is 1. The van der Waals surface area contributed by atoms with E-state index in [4.69, 9.17) is 10.2 Å². The molecule has 1 rings (SSSR count). The van der Waals surface area contributed by atoms with Crippen LogP contribution in [0.4, 0.5) is 0 Å². The number of rotatable bonds is 6. The smallest absolute Gasteiger partial charge is 0.303 e. The first kappa shape index (κ1) is 13.0. The van der Waals surface area contributed by atoms with E-state index in [0.717, 1.165) is 5.56 Å². The van der Waals surface area contributed by atoms with Crippen molar-refractivity contribution in [3.05, 3.63) is 29.8 Å². The summed E-state index contributed by atoms with van der Waals surface area (Å²) in [6.45, 7) is 0.364. The zero-order valence-electron chi connectivity index (χ0n) is 9.35. The van der Waals surface area contributed by atoms with E-state index in [-0.39, 0.29) is 24.5 Å². The Balaban J connectivity index is 2.25. The van der Waals surface area contributed by atoms with Gasteiger partial charge < -0.3 is 15.5 Å². The molecule has 0 radical (unpaired) electrons. The number of hydrogen-bond donors (Lipinski definition) is 3. The maximum atomic E-state index is 11.4. The number of aromatic hydroxyl groups is 1. The highest BCUT2D eigenvalue weighted by Crippen LogP contribution is 2.09. The molecule has 5 nitrogen and oxygen atoms in total. The molecule has 0 saturated carbocycles. The summed E-state index contributed by atoms with van der Waals surface area (Å²) in [5.41, 5.74) is 0.804. The Morgan fingerprint density at radius 3 is 2.41 bits per heavy atom. The molecule has 0 saturated heterocycles. The van der Waals surface area contributed by atoms with Gasteiger partial charge in [0.15, 0.2) is 0 Å². The van der Waals surface area contributed by atoms with Gasteiger partial charge in [0.25, 0.3) is 0 Å². The summed E-state index contributed by atoms with van der Waals surface area (Å²) in [5.74, 6) is -0.852. The lowest BCUT2D eigenvalue weighted by Gasteiger charge is -2.04. The second-order valence-corrected chi connectivity index (χ2v) is 3.69. The molecular formula is C12H15NO4. The van der Waals surface area contributed by atoms with E-state index < -0.39 is 5.97 Å². The highest BCUT2D eigenvalue weighted by atomic mass is 16.4. The highest BCUT2D eigenvalue weighted by Gasteiger charge is 2.03. The molecule has 0 bridgehead atoms. The lowest BCUT2D eigenvalue weighted by molar-refractivity contribution is -0.137. The van der Waals surface area contributed by atoms with Gasteiger partial charge in [0.2, 0.25) is 5.91 Å². The Morgan fingerprint density at radius 1 is 1.18 bits per heavy atom. The van der Waals surface area contributed by atoms with Gasteiger partial charge in [-0.25, -0.2) is 0 Å². The number of aliphatic carboxylic acids is 1. The van der Waals surface area contributed by atoms with E-state index in [9.17, 15) is 9.59 Å². The summed E-state index contributed by atoms with van der Waals surface area (Å²) >= 11 is 0. The van der Waals surface area contributed by atoms with Gasteiger partial charge in [0, 0.05) is 13.0 Å². The third-order valence-electron chi connectivity index (χ3n) is 2.19. The number of amides is 1. The van der Waals surface area contributed by atoms with Crippen LogP contribution in [0.5, 0.6) is 5.75 Å². The largest absolute Gasteiger partial charge is 0.508 e. The first-order chi connectivity index (χ1) is 8.08. The van der Waals surface area contributed by atoms with Crippen LogP contribution in [0.3, 0.4) is 0 Å². The van der Waals surface area contributed by atoms with Crippen molar-refractivity contribution in [2.24, 2.45) is 0 Å². The van der Waals surface area contributed by atoms with E-state index in [1.807, 2.05) is 0 Å². The molecule has 92 valence electrons. The van der Waals surface area contributed by atoms with Crippen LogP contribution in [0.25, 0.3) is 0 Å². The standard InChI is InChI=1S/C12H15NO4/c14-10-5-3-9(4-6-10)8-11(15)13-7-1-2-12(16)17/h3-6,14H,1-2,7-8H2,(H,13,15)(H,16,17). The van der Waals surface area contributed by atoms with Crippen LogP contribution in [0.1, 0.15) is 18.4 Å². The minimum atomic E-state index is -0.863. The van der Waals surface area contributed by atoms with Crippen molar-refractivity contribution in [1.29, 1.82) is 0 Å². The molecule has 0 heterocycles. The average molecular weight is 237 g/mol. The van der Waals surface area contributed by atoms with Crippen molar-refractivity contribution in [1.82, 2.24) is 5.32 Å². The zero-order chi connectivity index (χ0) is 12.7. The summed E-state index contributed by atoms with van der Waals surface area (Å²) in [4.78, 5) is 21.7. The van der Waals surface area contributed by atoms with Gasteiger partial charge in [-0.1, -0.05) is 12.1 Å². The van der Waals surface area contributed by atoms with Crippen LogP contribution in [0.2, 0.25) is 0 Å². The Kier molecular flexibility index (Phi) is 5.00. The molecule has 17 heavy (non-hydrogen) atoms. The van der Waals surface area contributed by atoms with Crippen molar-refractivity contribution in [3.8, 4) is 5.75 Å². The molecule has 3 N–H and O–H groups in total. The minimum absolute atomic E-state index is 0.0550. The number of hydrogen-bond acceptors (Lipinski definition) is 3. The zero-order valence-corrected chi connectivity index (χ0v) is 9.35. The molecule has 1 aromatic carbocycles. The Hall–Kier alpha value is -2.04. The normalized spacial score (nSPS) is 9.88. The lowest BCUT2D eigenvalue weighted by atomic mass is 10.1. The van der Waals surface area contributed by atoms with Crippen LogP contribution in [-0.4, -0.2) is 28.6 Å². The van der Waals surface area contributed by atoms with Crippen molar-refractivity contribution in [2.45, 2.75) is 19.3 Å². The molecule has 1 amide bonds. The van der Waals surface area contributed by atoms with E-state index in [2.05, 4.69) is 5.32 Å². The summed E-state index contributed by atoms with van der Waals surface area (Å²) < 4.78 is 0. The van der Waals surface area contributed by atoms with Gasteiger partial charge in [0.1, 0.15) is 5.75 Å². The number of carbonyl (C=O) groups excluding carboxylic acids is 1. The maximum Gasteiger partial charge on any atom is 0.303 e. The third-order valence-corrected chi connectivity index (χ3v) is 2.19. The third kappa shape index (κ3) is 5.55. The van der Waals surface area contributed by atoms with Gasteiger partial charge in [-0.15, -0.1) is 0 Å². The lowest BCUT2D eigenvalue weighted by Crippen LogP contribution is -2.26. The van der Waals surface area contributed by atoms with Crippen LogP contribution in [0.15, 0.2) is 24.3 Å². The monoisotopic (exact) mass is 237 g/mol. The average Bonchev–Trinajstić information content (AvgIpc) is 2.27. The van der Waals surface area contributed by atoms with Gasteiger partial charge in [-0.3, -0.25) is 9.59 Å². The van der Waals surface area contributed by atoms with Crippen molar-refractivity contribution >= 4 is 11.9 Å². The van der Waals surface area contributed by atoms with Gasteiger partial charge in [0.05, 0.1) is 6.42 Å². The van der Waals surface area contributed by atoms with Crippen molar-refractivity contribution in [3.63, 3.8) is 0 Å². The number of phenols is 1. The van der Waals surface area contributed by atoms with E-state index in [1.165, 1.54) is 12.1 Å². The molecule has 0 spiro atoms. The van der Waals surface area contributed by atoms with E-state index >= 15 is 0 Å². The number of benzene rings is 1. The van der Waals surface area contributed by atoms with E-state index in [0.29, 0.717) is 13.0 Å². The van der Waals surface area contributed by atoms with Crippen molar-refractivity contribution in [2.75, 3.05) is 6.54 Å². The Labute approximate surface area is 99.1 Å². The predicted octanol–water partition coefficient (Wildman–Crippen LogP) is 0.916. The maximum absolute atomic E-state index is 11.4. The molecule has 0 aliphatic rings. The quantitative estimate of drug-likeness (QED) is 0.642. The summed E-state index contributed by atoms with van der Waals surface area (Å²) in [7, 11) is 0. The first-order valence-electron chi connectivity index (χ1n) is 5.34. The molecule has 0 unspecified atom stereocenters. The van der Waals surface area contributed by atoms with Crippen LogP contribution >= 0.6 is 0 Å². The predicted molar refractivity (Wildman–Crippen MR) is 61.7 cm³/mol. The summed E-state index contributed by atoms with van der Waals surface area (Å²) in [5, 5.41) is 20.1.